The number of piperidine rings is 1. The van der Waals surface area contributed by atoms with Crippen molar-refractivity contribution in [2.24, 2.45) is 0 Å². The lowest BCUT2D eigenvalue weighted by molar-refractivity contribution is -0.137. The summed E-state index contributed by atoms with van der Waals surface area (Å²) in [4.78, 5) is 83.0. The SMILES string of the molecule is C=CCn1c(=O)c2cnc(Nc3ccc(N4CCN(C(=O)CCOCCOCCNc5cccc6c5C(=O)N(C5CCC(=O)NC5=O)C6)CC4)cc3)nc2n1-c1cccc(C(C)(C)O)n1. The Morgan fingerprint density at radius 2 is 1.71 bits per heavy atom. The van der Waals surface area contributed by atoms with Crippen LogP contribution in [-0.4, -0.2) is 128 Å². The van der Waals surface area contributed by atoms with Crippen LogP contribution in [0.4, 0.5) is 23.0 Å². The summed E-state index contributed by atoms with van der Waals surface area (Å²) in [7, 11) is 0. The molecular weight excluding hydrogens is 835 g/mol. The fraction of sp³-hybridized carbons (Fsp3) is 0.391. The number of rotatable bonds is 18. The average Bonchev–Trinajstić information content (AvgIpc) is 3.78. The first-order chi connectivity index (χ1) is 31.4. The minimum Gasteiger partial charge on any atom is -0.384 e. The first kappa shape index (κ1) is 44.6. The highest BCUT2D eigenvalue weighted by Crippen LogP contribution is 2.32. The molecule has 19 heteroatoms. The predicted molar refractivity (Wildman–Crippen MR) is 242 cm³/mol. The van der Waals surface area contributed by atoms with Crippen LogP contribution in [0.15, 0.2) is 84.3 Å². The van der Waals surface area contributed by atoms with E-state index in [1.807, 2.05) is 47.4 Å². The maximum absolute atomic E-state index is 13.4. The molecule has 65 heavy (non-hydrogen) atoms. The van der Waals surface area contributed by atoms with Gasteiger partial charge in [0.2, 0.25) is 23.7 Å². The highest BCUT2D eigenvalue weighted by molar-refractivity contribution is 6.07. The molecule has 8 rings (SSSR count). The highest BCUT2D eigenvalue weighted by atomic mass is 16.5. The van der Waals surface area contributed by atoms with Crippen molar-refractivity contribution in [2.45, 2.75) is 57.8 Å². The van der Waals surface area contributed by atoms with Crippen LogP contribution in [0, 0.1) is 0 Å². The second-order valence-corrected chi connectivity index (χ2v) is 16.5. The van der Waals surface area contributed by atoms with Crippen molar-refractivity contribution in [3.63, 3.8) is 0 Å². The zero-order chi connectivity index (χ0) is 45.7. The van der Waals surface area contributed by atoms with E-state index in [1.165, 1.54) is 15.8 Å². The number of allylic oxidation sites excluding steroid dienone is 1. The van der Waals surface area contributed by atoms with Crippen molar-refractivity contribution in [1.82, 2.24) is 39.4 Å². The summed E-state index contributed by atoms with van der Waals surface area (Å²) in [6.45, 7) is 12.0. The van der Waals surface area contributed by atoms with Crippen molar-refractivity contribution in [1.29, 1.82) is 0 Å². The standard InChI is InChI=1S/C46H53N11O8/c1-4-19-56-43(61)33-28-48-45(52-41(33)57(56)37-10-6-9-36(50-37)46(2,3)63)49-31-11-13-32(14-12-31)53-20-22-54(23-21-53)39(59)17-24-64-26-27-65-25-18-47-34-8-5-7-30-29-55(44(62)40(30)34)35-15-16-38(58)51-42(35)60/h4-14,28,35,47,63H,1,15-27,29H2,2-3H3,(H,48,49,52)(H,51,58,60). The molecule has 0 spiro atoms. The van der Waals surface area contributed by atoms with Gasteiger partial charge in [-0.2, -0.15) is 4.98 Å². The normalized spacial score (nSPS) is 16.5. The largest absolute Gasteiger partial charge is 0.384 e. The molecule has 0 saturated carbocycles. The number of piperazine rings is 1. The summed E-state index contributed by atoms with van der Waals surface area (Å²) >= 11 is 0. The van der Waals surface area contributed by atoms with E-state index < -0.39 is 17.6 Å². The number of pyridine rings is 1. The number of benzene rings is 2. The Morgan fingerprint density at radius 1 is 0.954 bits per heavy atom. The van der Waals surface area contributed by atoms with Gasteiger partial charge in [-0.3, -0.25) is 29.3 Å². The molecule has 19 nitrogen and oxygen atoms in total. The van der Waals surface area contributed by atoms with Crippen molar-refractivity contribution in [3.05, 3.63) is 107 Å². The maximum atomic E-state index is 13.4. The second kappa shape index (κ2) is 19.4. The van der Waals surface area contributed by atoms with Gasteiger partial charge in [0.1, 0.15) is 17.0 Å². The minimum absolute atomic E-state index is 0.0402. The fourth-order valence-corrected chi connectivity index (χ4v) is 8.25. The van der Waals surface area contributed by atoms with E-state index >= 15 is 0 Å². The summed E-state index contributed by atoms with van der Waals surface area (Å²) in [5.41, 5.74) is 3.13. The molecule has 2 saturated heterocycles. The lowest BCUT2D eigenvalue weighted by Gasteiger charge is -2.36. The third-order valence-electron chi connectivity index (χ3n) is 11.6. The molecule has 340 valence electrons. The number of fused-ring (bicyclic) bond motifs is 2. The summed E-state index contributed by atoms with van der Waals surface area (Å²) in [5.74, 6) is -0.234. The van der Waals surface area contributed by atoms with E-state index in [2.05, 4.69) is 37.4 Å². The average molecular weight is 888 g/mol. The number of hydrogen-bond donors (Lipinski definition) is 4. The quantitative estimate of drug-likeness (QED) is 0.0565. The van der Waals surface area contributed by atoms with Gasteiger partial charge in [0, 0.05) is 68.9 Å². The van der Waals surface area contributed by atoms with Gasteiger partial charge in [0.25, 0.3) is 11.5 Å². The molecule has 0 bridgehead atoms. The topological polar surface area (TPSA) is 218 Å². The van der Waals surface area contributed by atoms with Crippen molar-refractivity contribution < 1.29 is 33.8 Å². The molecule has 2 fully saturated rings. The molecular formula is C46H53N11O8. The number of carbonyl (C=O) groups excluding carboxylic acids is 4. The van der Waals surface area contributed by atoms with E-state index in [-0.39, 0.29) is 42.7 Å². The molecule has 1 unspecified atom stereocenters. The van der Waals surface area contributed by atoms with Gasteiger partial charge < -0.3 is 39.9 Å². The zero-order valence-corrected chi connectivity index (χ0v) is 36.5. The number of amides is 4. The summed E-state index contributed by atoms with van der Waals surface area (Å²) in [5, 5.41) is 19.8. The van der Waals surface area contributed by atoms with Gasteiger partial charge in [-0.25, -0.2) is 19.3 Å². The molecule has 3 aromatic heterocycles. The van der Waals surface area contributed by atoms with E-state index in [1.54, 1.807) is 42.8 Å². The lowest BCUT2D eigenvalue weighted by atomic mass is 10.0. The van der Waals surface area contributed by atoms with Crippen molar-refractivity contribution in [2.75, 3.05) is 74.7 Å². The summed E-state index contributed by atoms with van der Waals surface area (Å²) in [6.07, 6.45) is 3.91. The van der Waals surface area contributed by atoms with Crippen LogP contribution >= 0.6 is 0 Å². The molecule has 4 amide bonds. The van der Waals surface area contributed by atoms with Gasteiger partial charge in [0.05, 0.1) is 50.7 Å². The summed E-state index contributed by atoms with van der Waals surface area (Å²) < 4.78 is 14.5. The van der Waals surface area contributed by atoms with Crippen LogP contribution < -0.4 is 26.4 Å². The number of nitrogens with zero attached hydrogens (tertiary/aromatic N) is 8. The number of aromatic nitrogens is 5. The predicted octanol–water partition coefficient (Wildman–Crippen LogP) is 3.08. The number of imide groups is 1. The Hall–Kier alpha value is -6.96. The van der Waals surface area contributed by atoms with Crippen LogP contribution in [0.2, 0.25) is 0 Å². The minimum atomic E-state index is -1.19. The first-order valence-corrected chi connectivity index (χ1v) is 21.7. The third-order valence-corrected chi connectivity index (χ3v) is 11.6. The summed E-state index contributed by atoms with van der Waals surface area (Å²) in [6, 6.07) is 18.0. The van der Waals surface area contributed by atoms with Gasteiger partial charge in [-0.1, -0.05) is 24.3 Å². The number of ether oxygens (including phenoxy) is 2. The molecule has 1 atom stereocenters. The maximum Gasteiger partial charge on any atom is 0.278 e. The molecule has 0 radical (unpaired) electrons. The van der Waals surface area contributed by atoms with Crippen LogP contribution in [0.3, 0.4) is 0 Å². The molecule has 6 heterocycles. The first-order valence-electron chi connectivity index (χ1n) is 21.7. The molecule has 3 aliphatic rings. The monoisotopic (exact) mass is 887 g/mol. The van der Waals surface area contributed by atoms with Crippen molar-refractivity contribution >= 4 is 57.7 Å². The highest BCUT2D eigenvalue weighted by Gasteiger charge is 2.40. The molecule has 2 aromatic carbocycles. The Balaban J connectivity index is 0.746. The van der Waals surface area contributed by atoms with Gasteiger partial charge in [-0.05, 0) is 68.3 Å². The number of nitrogens with one attached hydrogen (secondary N) is 3. The molecule has 0 aliphatic carbocycles. The Labute approximate surface area is 375 Å². The lowest BCUT2D eigenvalue weighted by Crippen LogP contribution is -2.52. The Morgan fingerprint density at radius 3 is 2.45 bits per heavy atom. The molecule has 5 aromatic rings. The number of aliphatic hydroxyl groups is 1. The van der Waals surface area contributed by atoms with Crippen LogP contribution in [-0.2, 0) is 42.5 Å². The van der Waals surface area contributed by atoms with E-state index in [0.717, 1.165) is 16.9 Å². The fourth-order valence-electron chi connectivity index (χ4n) is 8.25. The molecule has 4 N–H and O–H groups in total. The van der Waals surface area contributed by atoms with Gasteiger partial charge in [0.15, 0.2) is 11.5 Å². The second-order valence-electron chi connectivity index (χ2n) is 16.5. The smallest absolute Gasteiger partial charge is 0.278 e. The van der Waals surface area contributed by atoms with E-state index in [9.17, 15) is 29.1 Å². The van der Waals surface area contributed by atoms with E-state index in [4.69, 9.17) is 14.5 Å². The number of carbonyl (C=O) groups is 4. The zero-order valence-electron chi connectivity index (χ0n) is 36.5. The number of hydrogen-bond acceptors (Lipinski definition) is 14. The van der Waals surface area contributed by atoms with Crippen LogP contribution in [0.1, 0.15) is 54.7 Å². The number of anilines is 4. The van der Waals surface area contributed by atoms with Gasteiger partial charge >= 0.3 is 0 Å². The third kappa shape index (κ3) is 9.91. The van der Waals surface area contributed by atoms with E-state index in [0.29, 0.717) is 112 Å². The Bertz CT molecular complexity index is 2650. The Kier molecular flexibility index (Phi) is 13.3. The van der Waals surface area contributed by atoms with Crippen LogP contribution in [0.5, 0.6) is 0 Å². The van der Waals surface area contributed by atoms with Gasteiger partial charge in [-0.15, -0.1) is 6.58 Å². The molecule has 3 aliphatic heterocycles. The van der Waals surface area contributed by atoms with Crippen LogP contribution in [0.25, 0.3) is 16.9 Å². The van der Waals surface area contributed by atoms with Crippen molar-refractivity contribution in [3.8, 4) is 5.82 Å².